The third-order valence-electron chi connectivity index (χ3n) is 2.93. The number of aromatic nitrogens is 1. The normalized spacial score (nSPS) is 10.5. The van der Waals surface area contributed by atoms with Gasteiger partial charge in [-0.05, 0) is 29.8 Å². The Morgan fingerprint density at radius 3 is 2.22 bits per heavy atom. The molecular formula is C16H12ClN. The molecule has 0 fully saturated rings. The standard InChI is InChI=1S/C16H12ClN/c17-14-9-4-5-10-16(14)18-12-6-11-15(18)13-7-2-1-3-8-13/h1-12H. The third kappa shape index (κ3) is 1.93. The zero-order chi connectivity index (χ0) is 12.4. The second-order valence-corrected chi connectivity index (χ2v) is 4.49. The van der Waals surface area contributed by atoms with E-state index in [1.54, 1.807) is 0 Å². The molecule has 0 aliphatic carbocycles. The van der Waals surface area contributed by atoms with Gasteiger partial charge in [-0.2, -0.15) is 0 Å². The Kier molecular flexibility index (Phi) is 2.91. The molecule has 0 aliphatic rings. The second kappa shape index (κ2) is 4.71. The number of para-hydroxylation sites is 1. The molecule has 2 aromatic carbocycles. The quantitative estimate of drug-likeness (QED) is 0.618. The molecule has 88 valence electrons. The summed E-state index contributed by atoms with van der Waals surface area (Å²) in [6.07, 6.45) is 2.03. The summed E-state index contributed by atoms with van der Waals surface area (Å²) in [7, 11) is 0. The van der Waals surface area contributed by atoms with E-state index in [0.717, 1.165) is 16.4 Å². The highest BCUT2D eigenvalue weighted by Gasteiger charge is 2.07. The van der Waals surface area contributed by atoms with Crippen LogP contribution in [0.1, 0.15) is 0 Å². The molecule has 0 bridgehead atoms. The fourth-order valence-electron chi connectivity index (χ4n) is 2.08. The van der Waals surface area contributed by atoms with Gasteiger partial charge >= 0.3 is 0 Å². The first kappa shape index (κ1) is 11.1. The summed E-state index contributed by atoms with van der Waals surface area (Å²) < 4.78 is 2.11. The predicted octanol–water partition coefficient (Wildman–Crippen LogP) is 4.80. The van der Waals surface area contributed by atoms with E-state index in [0.29, 0.717) is 0 Å². The molecule has 0 atom stereocenters. The molecule has 3 rings (SSSR count). The molecule has 0 saturated carbocycles. The molecule has 0 aliphatic heterocycles. The molecule has 3 aromatic rings. The van der Waals surface area contributed by atoms with Crippen molar-refractivity contribution in [3.63, 3.8) is 0 Å². The van der Waals surface area contributed by atoms with Gasteiger partial charge in [-0.15, -0.1) is 0 Å². The van der Waals surface area contributed by atoms with Crippen molar-refractivity contribution in [3.8, 4) is 16.9 Å². The summed E-state index contributed by atoms with van der Waals surface area (Å²) in [5.74, 6) is 0. The molecule has 1 heterocycles. The predicted molar refractivity (Wildman–Crippen MR) is 76.2 cm³/mol. The van der Waals surface area contributed by atoms with Gasteiger partial charge in [0.05, 0.1) is 16.4 Å². The van der Waals surface area contributed by atoms with Gasteiger partial charge in [0.25, 0.3) is 0 Å². The van der Waals surface area contributed by atoms with Crippen LogP contribution in [0.3, 0.4) is 0 Å². The van der Waals surface area contributed by atoms with Crippen LogP contribution in [0.25, 0.3) is 16.9 Å². The van der Waals surface area contributed by atoms with Crippen LogP contribution in [0.2, 0.25) is 5.02 Å². The largest absolute Gasteiger partial charge is 0.315 e. The van der Waals surface area contributed by atoms with E-state index in [-0.39, 0.29) is 0 Å². The van der Waals surface area contributed by atoms with Crippen molar-refractivity contribution in [1.29, 1.82) is 0 Å². The maximum absolute atomic E-state index is 6.25. The minimum Gasteiger partial charge on any atom is -0.315 e. The highest BCUT2D eigenvalue weighted by atomic mass is 35.5. The Morgan fingerprint density at radius 2 is 1.44 bits per heavy atom. The van der Waals surface area contributed by atoms with Crippen LogP contribution in [0, 0.1) is 0 Å². The number of halogens is 1. The van der Waals surface area contributed by atoms with Crippen molar-refractivity contribution in [2.75, 3.05) is 0 Å². The number of hydrogen-bond donors (Lipinski definition) is 0. The van der Waals surface area contributed by atoms with Gasteiger partial charge in [-0.3, -0.25) is 0 Å². The Bertz CT molecular complexity index is 656. The second-order valence-electron chi connectivity index (χ2n) is 4.08. The summed E-state index contributed by atoms with van der Waals surface area (Å²) in [5, 5.41) is 0.755. The maximum atomic E-state index is 6.25. The summed E-state index contributed by atoms with van der Waals surface area (Å²) in [5.41, 5.74) is 3.33. The fraction of sp³-hybridized carbons (Fsp3) is 0. The van der Waals surface area contributed by atoms with E-state index >= 15 is 0 Å². The first-order valence-corrected chi connectivity index (χ1v) is 6.22. The van der Waals surface area contributed by atoms with E-state index in [1.807, 2.05) is 54.7 Å². The highest BCUT2D eigenvalue weighted by molar-refractivity contribution is 6.32. The van der Waals surface area contributed by atoms with Gasteiger partial charge in [0.1, 0.15) is 0 Å². The SMILES string of the molecule is Clc1ccccc1-n1cccc1-c1ccccc1. The van der Waals surface area contributed by atoms with E-state index in [4.69, 9.17) is 11.6 Å². The lowest BCUT2D eigenvalue weighted by Crippen LogP contribution is -1.95. The van der Waals surface area contributed by atoms with Crippen molar-refractivity contribution in [2.24, 2.45) is 0 Å². The zero-order valence-corrected chi connectivity index (χ0v) is 10.5. The zero-order valence-electron chi connectivity index (χ0n) is 9.75. The molecule has 0 amide bonds. The van der Waals surface area contributed by atoms with Crippen molar-refractivity contribution < 1.29 is 0 Å². The van der Waals surface area contributed by atoms with Gasteiger partial charge in [-0.1, -0.05) is 54.1 Å². The van der Waals surface area contributed by atoms with Crippen LogP contribution >= 0.6 is 11.6 Å². The maximum Gasteiger partial charge on any atom is 0.0646 e. The first-order chi connectivity index (χ1) is 8.86. The Balaban J connectivity index is 2.16. The number of rotatable bonds is 2. The number of benzene rings is 2. The lowest BCUT2D eigenvalue weighted by Gasteiger charge is -2.10. The van der Waals surface area contributed by atoms with Crippen molar-refractivity contribution in [1.82, 2.24) is 4.57 Å². The lowest BCUT2D eigenvalue weighted by molar-refractivity contribution is 1.09. The van der Waals surface area contributed by atoms with Crippen LogP contribution in [-0.4, -0.2) is 4.57 Å². The molecular weight excluding hydrogens is 242 g/mol. The molecule has 0 N–H and O–H groups in total. The Morgan fingerprint density at radius 1 is 0.722 bits per heavy atom. The van der Waals surface area contributed by atoms with E-state index in [2.05, 4.69) is 22.8 Å². The summed E-state index contributed by atoms with van der Waals surface area (Å²) in [6.45, 7) is 0. The van der Waals surface area contributed by atoms with Gasteiger partial charge in [-0.25, -0.2) is 0 Å². The van der Waals surface area contributed by atoms with Crippen LogP contribution in [-0.2, 0) is 0 Å². The van der Waals surface area contributed by atoms with Crippen LogP contribution in [0.4, 0.5) is 0 Å². The topological polar surface area (TPSA) is 4.93 Å². The molecule has 0 unspecified atom stereocenters. The highest BCUT2D eigenvalue weighted by Crippen LogP contribution is 2.27. The van der Waals surface area contributed by atoms with Gasteiger partial charge in [0.2, 0.25) is 0 Å². The lowest BCUT2D eigenvalue weighted by atomic mass is 10.1. The van der Waals surface area contributed by atoms with Crippen LogP contribution in [0.5, 0.6) is 0 Å². The van der Waals surface area contributed by atoms with Gasteiger partial charge < -0.3 is 4.57 Å². The van der Waals surface area contributed by atoms with Crippen LogP contribution < -0.4 is 0 Å². The van der Waals surface area contributed by atoms with Gasteiger partial charge in [0, 0.05) is 6.20 Å². The average molecular weight is 254 g/mol. The van der Waals surface area contributed by atoms with E-state index in [9.17, 15) is 0 Å². The average Bonchev–Trinajstić information content (AvgIpc) is 2.89. The molecule has 1 nitrogen and oxygen atoms in total. The van der Waals surface area contributed by atoms with Gasteiger partial charge in [0.15, 0.2) is 0 Å². The summed E-state index contributed by atoms with van der Waals surface area (Å²) in [6, 6.07) is 22.3. The van der Waals surface area contributed by atoms with Crippen molar-refractivity contribution >= 4 is 11.6 Å². The molecule has 0 radical (unpaired) electrons. The molecule has 0 spiro atoms. The molecule has 0 saturated heterocycles. The number of hydrogen-bond acceptors (Lipinski definition) is 0. The van der Waals surface area contributed by atoms with Crippen molar-refractivity contribution in [2.45, 2.75) is 0 Å². The molecule has 1 aromatic heterocycles. The van der Waals surface area contributed by atoms with E-state index < -0.39 is 0 Å². The minimum atomic E-state index is 0.755. The fourth-order valence-corrected chi connectivity index (χ4v) is 2.31. The van der Waals surface area contributed by atoms with Crippen molar-refractivity contribution in [3.05, 3.63) is 77.9 Å². The Hall–Kier alpha value is -1.99. The molecule has 18 heavy (non-hydrogen) atoms. The Labute approximate surface area is 111 Å². The van der Waals surface area contributed by atoms with E-state index in [1.165, 1.54) is 5.56 Å². The first-order valence-electron chi connectivity index (χ1n) is 5.84. The smallest absolute Gasteiger partial charge is 0.0646 e. The number of nitrogens with zero attached hydrogens (tertiary/aromatic N) is 1. The monoisotopic (exact) mass is 253 g/mol. The molecule has 2 heteroatoms. The minimum absolute atomic E-state index is 0.755. The van der Waals surface area contributed by atoms with Crippen LogP contribution in [0.15, 0.2) is 72.9 Å². The third-order valence-corrected chi connectivity index (χ3v) is 3.25. The summed E-state index contributed by atoms with van der Waals surface area (Å²) >= 11 is 6.25. The summed E-state index contributed by atoms with van der Waals surface area (Å²) in [4.78, 5) is 0.